The highest BCUT2D eigenvalue weighted by atomic mass is 16.2. The number of carbonyl (C=O) groups excluding carboxylic acids is 1. The van der Waals surface area contributed by atoms with Crippen LogP contribution in [0.2, 0.25) is 0 Å². The molecule has 1 fully saturated rings. The fourth-order valence-corrected chi connectivity index (χ4v) is 2.29. The second-order valence-corrected chi connectivity index (χ2v) is 4.85. The van der Waals surface area contributed by atoms with Crippen LogP contribution in [-0.4, -0.2) is 10.9 Å². The molecule has 0 atom stereocenters. The molecular formula is C13H15N3O. The number of rotatable bonds is 2. The maximum absolute atomic E-state index is 12.1. The minimum atomic E-state index is -0.832. The van der Waals surface area contributed by atoms with E-state index in [4.69, 9.17) is 5.26 Å². The summed E-state index contributed by atoms with van der Waals surface area (Å²) in [6.45, 7) is 3.96. The van der Waals surface area contributed by atoms with Crippen LogP contribution < -0.4 is 5.32 Å². The molecule has 0 saturated heterocycles. The summed E-state index contributed by atoms with van der Waals surface area (Å²) in [6.07, 6.45) is 4.58. The molecule has 1 heterocycles. The van der Waals surface area contributed by atoms with Crippen LogP contribution in [0, 0.1) is 29.6 Å². The van der Waals surface area contributed by atoms with Crippen molar-refractivity contribution >= 4 is 11.6 Å². The van der Waals surface area contributed by atoms with Gasteiger partial charge in [-0.3, -0.25) is 9.78 Å². The van der Waals surface area contributed by atoms with Gasteiger partial charge in [0.15, 0.2) is 0 Å². The molecule has 0 aromatic carbocycles. The Morgan fingerprint density at radius 3 is 2.88 bits per heavy atom. The van der Waals surface area contributed by atoms with Gasteiger partial charge in [0.2, 0.25) is 5.91 Å². The third-order valence-electron chi connectivity index (χ3n) is 3.33. The zero-order valence-corrected chi connectivity index (χ0v) is 10.0. The van der Waals surface area contributed by atoms with Crippen molar-refractivity contribution in [2.75, 3.05) is 5.32 Å². The third-order valence-corrected chi connectivity index (χ3v) is 3.33. The van der Waals surface area contributed by atoms with Crippen molar-refractivity contribution in [1.29, 1.82) is 5.26 Å². The molecule has 1 aliphatic carbocycles. The first-order chi connectivity index (χ1) is 8.07. The first-order valence-electron chi connectivity index (χ1n) is 5.71. The zero-order valence-electron chi connectivity index (χ0n) is 10.0. The highest BCUT2D eigenvalue weighted by Gasteiger charge is 2.49. The van der Waals surface area contributed by atoms with E-state index in [0.29, 0.717) is 24.4 Å². The average molecular weight is 229 g/mol. The van der Waals surface area contributed by atoms with Gasteiger partial charge in [-0.25, -0.2) is 0 Å². The molecule has 1 aromatic heterocycles. The number of hydrogen-bond donors (Lipinski definition) is 1. The van der Waals surface area contributed by atoms with Crippen molar-refractivity contribution in [3.63, 3.8) is 0 Å². The van der Waals surface area contributed by atoms with Crippen LogP contribution in [0.5, 0.6) is 0 Å². The van der Waals surface area contributed by atoms with Crippen molar-refractivity contribution in [2.45, 2.75) is 26.7 Å². The van der Waals surface area contributed by atoms with Gasteiger partial charge >= 0.3 is 0 Å². The van der Waals surface area contributed by atoms with E-state index in [-0.39, 0.29) is 5.91 Å². The first-order valence-corrected chi connectivity index (χ1v) is 5.71. The molecule has 1 aromatic rings. The molecule has 1 aliphatic rings. The number of amides is 1. The van der Waals surface area contributed by atoms with Gasteiger partial charge in [0.1, 0.15) is 5.41 Å². The smallest absolute Gasteiger partial charge is 0.244 e. The van der Waals surface area contributed by atoms with E-state index < -0.39 is 5.41 Å². The van der Waals surface area contributed by atoms with E-state index in [1.807, 2.05) is 13.0 Å². The molecule has 0 radical (unpaired) electrons. The Balaban J connectivity index is 2.13. The van der Waals surface area contributed by atoms with Crippen LogP contribution in [0.1, 0.15) is 25.3 Å². The Morgan fingerprint density at radius 2 is 2.35 bits per heavy atom. The highest BCUT2D eigenvalue weighted by Crippen LogP contribution is 2.45. The zero-order chi connectivity index (χ0) is 12.5. The minimum Gasteiger partial charge on any atom is -0.323 e. The summed E-state index contributed by atoms with van der Waals surface area (Å²) in [5, 5.41) is 11.9. The second-order valence-electron chi connectivity index (χ2n) is 4.85. The minimum absolute atomic E-state index is 0.200. The van der Waals surface area contributed by atoms with E-state index in [1.165, 1.54) is 0 Å². The predicted octanol–water partition coefficient (Wildman–Crippen LogP) is 2.27. The molecule has 0 aliphatic heterocycles. The largest absolute Gasteiger partial charge is 0.323 e. The van der Waals surface area contributed by atoms with Crippen LogP contribution >= 0.6 is 0 Å². The summed E-state index contributed by atoms with van der Waals surface area (Å²) in [5.74, 6) is 0.254. The van der Waals surface area contributed by atoms with Crippen molar-refractivity contribution in [3.05, 3.63) is 24.0 Å². The summed E-state index contributed by atoms with van der Waals surface area (Å²) in [6, 6.07) is 3.98. The predicted molar refractivity (Wildman–Crippen MR) is 64.0 cm³/mol. The molecule has 0 spiro atoms. The van der Waals surface area contributed by atoms with Gasteiger partial charge in [-0.15, -0.1) is 0 Å². The fraction of sp³-hybridized carbons (Fsp3) is 0.462. The molecular weight excluding hydrogens is 214 g/mol. The van der Waals surface area contributed by atoms with E-state index in [1.54, 1.807) is 12.4 Å². The average Bonchev–Trinajstić information content (AvgIpc) is 2.27. The second kappa shape index (κ2) is 4.17. The lowest BCUT2D eigenvalue weighted by molar-refractivity contribution is -0.128. The third kappa shape index (κ3) is 2.01. The summed E-state index contributed by atoms with van der Waals surface area (Å²) in [4.78, 5) is 16.1. The van der Waals surface area contributed by atoms with Gasteiger partial charge < -0.3 is 5.32 Å². The number of nitrogens with zero attached hydrogens (tertiary/aromatic N) is 2. The van der Waals surface area contributed by atoms with Crippen molar-refractivity contribution < 1.29 is 4.79 Å². The van der Waals surface area contributed by atoms with Crippen molar-refractivity contribution in [1.82, 2.24) is 4.98 Å². The summed E-state index contributed by atoms with van der Waals surface area (Å²) in [5.41, 5.74) is 0.808. The lowest BCUT2D eigenvalue weighted by Gasteiger charge is -2.39. The summed E-state index contributed by atoms with van der Waals surface area (Å²) in [7, 11) is 0. The number of aromatic nitrogens is 1. The number of pyridine rings is 1. The molecule has 2 rings (SSSR count). The van der Waals surface area contributed by atoms with Gasteiger partial charge in [0.05, 0.1) is 18.0 Å². The standard InChI is InChI=1S/C13H15N3O/c1-9-5-13(6-9,8-14)12(17)16-11-7-15-4-3-10(11)2/h3-4,7,9H,5-6H2,1-2H3,(H,16,17). The Labute approximate surface area is 101 Å². The lowest BCUT2D eigenvalue weighted by atomic mass is 9.63. The molecule has 0 bridgehead atoms. The number of aryl methyl sites for hydroxylation is 1. The van der Waals surface area contributed by atoms with Crippen LogP contribution in [0.25, 0.3) is 0 Å². The normalized spacial score (nSPS) is 26.8. The molecule has 1 amide bonds. The van der Waals surface area contributed by atoms with Crippen LogP contribution in [0.15, 0.2) is 18.5 Å². The van der Waals surface area contributed by atoms with Gasteiger partial charge in [-0.2, -0.15) is 5.26 Å². The molecule has 1 N–H and O–H groups in total. The molecule has 4 nitrogen and oxygen atoms in total. The van der Waals surface area contributed by atoms with E-state index >= 15 is 0 Å². The molecule has 17 heavy (non-hydrogen) atoms. The summed E-state index contributed by atoms with van der Waals surface area (Å²) >= 11 is 0. The molecule has 4 heteroatoms. The van der Waals surface area contributed by atoms with Gasteiger partial charge in [-0.05, 0) is 37.3 Å². The first kappa shape index (κ1) is 11.6. The van der Waals surface area contributed by atoms with Crippen molar-refractivity contribution in [2.24, 2.45) is 11.3 Å². The van der Waals surface area contributed by atoms with Crippen molar-refractivity contribution in [3.8, 4) is 6.07 Å². The quantitative estimate of drug-likeness (QED) is 0.846. The number of anilines is 1. The monoisotopic (exact) mass is 229 g/mol. The maximum atomic E-state index is 12.1. The molecule has 0 unspecified atom stereocenters. The molecule has 88 valence electrons. The van der Waals surface area contributed by atoms with Crippen LogP contribution in [-0.2, 0) is 4.79 Å². The number of nitriles is 1. The number of hydrogen-bond acceptors (Lipinski definition) is 3. The topological polar surface area (TPSA) is 65.8 Å². The Morgan fingerprint density at radius 1 is 1.65 bits per heavy atom. The fourth-order valence-electron chi connectivity index (χ4n) is 2.29. The van der Waals surface area contributed by atoms with Gasteiger partial charge in [0.25, 0.3) is 0 Å². The van der Waals surface area contributed by atoms with Crippen LogP contribution in [0.3, 0.4) is 0 Å². The summed E-state index contributed by atoms with van der Waals surface area (Å²) < 4.78 is 0. The van der Waals surface area contributed by atoms with E-state index in [2.05, 4.69) is 23.3 Å². The van der Waals surface area contributed by atoms with Crippen LogP contribution in [0.4, 0.5) is 5.69 Å². The SMILES string of the molecule is Cc1ccncc1NC(=O)C1(C#N)CC(C)C1. The Hall–Kier alpha value is -1.89. The number of carbonyl (C=O) groups is 1. The Bertz CT molecular complexity index is 484. The highest BCUT2D eigenvalue weighted by molar-refractivity contribution is 5.98. The van der Waals surface area contributed by atoms with Gasteiger partial charge in [0, 0.05) is 6.20 Å². The van der Waals surface area contributed by atoms with E-state index in [0.717, 1.165) is 5.56 Å². The Kier molecular flexibility index (Phi) is 2.84. The lowest BCUT2D eigenvalue weighted by Crippen LogP contribution is -2.45. The molecule has 1 saturated carbocycles. The number of nitrogens with one attached hydrogen (secondary N) is 1. The van der Waals surface area contributed by atoms with Gasteiger partial charge in [-0.1, -0.05) is 6.92 Å². The van der Waals surface area contributed by atoms with E-state index in [9.17, 15) is 4.79 Å². The maximum Gasteiger partial charge on any atom is 0.244 e.